The number of para-hydroxylation sites is 1. The minimum atomic E-state index is -0.717. The molecule has 0 amide bonds. The zero-order valence-corrected chi connectivity index (χ0v) is 22.5. The summed E-state index contributed by atoms with van der Waals surface area (Å²) in [5.41, 5.74) is 3.24. The van der Waals surface area contributed by atoms with Crippen LogP contribution in [0.15, 0.2) is 42.7 Å². The zero-order valence-electron chi connectivity index (χ0n) is 21.6. The predicted octanol–water partition coefficient (Wildman–Crippen LogP) is 4.52. The largest absolute Gasteiger partial charge is 0.493 e. The molecular weight excluding hydrogens is 504 g/mol. The number of thiazole rings is 1. The first kappa shape index (κ1) is 24.9. The Labute approximate surface area is 224 Å². The predicted molar refractivity (Wildman–Crippen MR) is 146 cm³/mol. The molecule has 198 valence electrons. The van der Waals surface area contributed by atoms with Crippen molar-refractivity contribution in [2.45, 2.75) is 51.2 Å². The zero-order chi connectivity index (χ0) is 26.4. The minimum absolute atomic E-state index is 0.0287. The first-order valence-electron chi connectivity index (χ1n) is 12.6. The summed E-state index contributed by atoms with van der Waals surface area (Å²) in [6.45, 7) is 5.79. The lowest BCUT2D eigenvalue weighted by molar-refractivity contribution is -0.158. The Hall–Kier alpha value is -3.38. The van der Waals surface area contributed by atoms with Crippen LogP contribution in [0.1, 0.15) is 26.0 Å². The highest BCUT2D eigenvalue weighted by molar-refractivity contribution is 7.21. The van der Waals surface area contributed by atoms with E-state index in [2.05, 4.69) is 21.7 Å². The molecule has 2 fully saturated rings. The Bertz CT molecular complexity index is 1440. The highest BCUT2D eigenvalue weighted by Gasteiger charge is 2.54. The maximum Gasteiger partial charge on any atom is 0.229 e. The van der Waals surface area contributed by atoms with E-state index in [-0.39, 0.29) is 30.8 Å². The molecule has 1 aliphatic carbocycles. The maximum atomic E-state index is 10.1. The number of anilines is 3. The molecule has 3 N–H and O–H groups in total. The topological polar surface area (TPSA) is 124 Å². The van der Waals surface area contributed by atoms with Crippen LogP contribution in [0.4, 0.5) is 17.5 Å². The van der Waals surface area contributed by atoms with Crippen molar-refractivity contribution in [1.82, 2.24) is 19.9 Å². The number of nitrogens with zero attached hydrogens (tertiary/aromatic N) is 4. The molecule has 1 aliphatic heterocycles. The summed E-state index contributed by atoms with van der Waals surface area (Å²) < 4.78 is 19.0. The third-order valence-electron chi connectivity index (χ3n) is 6.99. The molecule has 4 atom stereocenters. The fourth-order valence-corrected chi connectivity index (χ4v) is 6.38. The Kier molecular flexibility index (Phi) is 6.39. The number of pyridine rings is 1. The Morgan fingerprint density at radius 2 is 1.95 bits per heavy atom. The molecular formula is C27H30N6O4S. The SMILES string of the molecule is COc1cnccc1Nc1nc(C)c(-c2nc3ccccc3s2)c(NC2CC(CO)C3OC(C)(C)OC23)n1. The number of fused-ring (bicyclic) bond motifs is 2. The number of methoxy groups -OCH3 is 1. The van der Waals surface area contributed by atoms with E-state index in [9.17, 15) is 5.11 Å². The van der Waals surface area contributed by atoms with Gasteiger partial charge in [-0.05, 0) is 45.4 Å². The van der Waals surface area contributed by atoms with Gasteiger partial charge in [0, 0.05) is 18.7 Å². The van der Waals surface area contributed by atoms with Crippen LogP contribution in [0.25, 0.3) is 20.8 Å². The van der Waals surface area contributed by atoms with E-state index in [0.717, 1.165) is 26.5 Å². The second-order valence-electron chi connectivity index (χ2n) is 10.0. The quantitative estimate of drug-likeness (QED) is 0.312. The van der Waals surface area contributed by atoms with Gasteiger partial charge in [0.2, 0.25) is 5.95 Å². The molecule has 2 aliphatic rings. The second kappa shape index (κ2) is 9.73. The van der Waals surface area contributed by atoms with Crippen molar-refractivity contribution in [3.63, 3.8) is 0 Å². The van der Waals surface area contributed by atoms with E-state index in [1.165, 1.54) is 0 Å². The number of ether oxygens (including phenoxy) is 3. The van der Waals surface area contributed by atoms with Gasteiger partial charge in [-0.3, -0.25) is 4.98 Å². The van der Waals surface area contributed by atoms with Crippen molar-refractivity contribution in [3.8, 4) is 16.3 Å². The summed E-state index contributed by atoms with van der Waals surface area (Å²) in [6.07, 6.45) is 3.58. The number of hydrogen-bond donors (Lipinski definition) is 3. The maximum absolute atomic E-state index is 10.1. The number of rotatable bonds is 7. The minimum Gasteiger partial charge on any atom is -0.493 e. The van der Waals surface area contributed by atoms with Crippen molar-refractivity contribution < 1.29 is 19.3 Å². The Morgan fingerprint density at radius 3 is 2.74 bits per heavy atom. The van der Waals surface area contributed by atoms with E-state index < -0.39 is 5.79 Å². The molecule has 1 aromatic carbocycles. The Morgan fingerprint density at radius 1 is 1.13 bits per heavy atom. The highest BCUT2D eigenvalue weighted by Crippen LogP contribution is 2.44. The number of aromatic nitrogens is 4. The Balaban J connectivity index is 1.42. The number of aliphatic hydroxyl groups is 1. The van der Waals surface area contributed by atoms with Gasteiger partial charge in [0.05, 0.1) is 52.6 Å². The van der Waals surface area contributed by atoms with Crippen LogP contribution in [0.5, 0.6) is 5.75 Å². The third kappa shape index (κ3) is 4.55. The average Bonchev–Trinajstić information content (AvgIpc) is 3.55. The third-order valence-corrected chi connectivity index (χ3v) is 8.04. The molecule has 4 unspecified atom stereocenters. The molecule has 0 bridgehead atoms. The summed E-state index contributed by atoms with van der Waals surface area (Å²) in [5, 5.41) is 17.8. The number of hydrogen-bond acceptors (Lipinski definition) is 11. The summed E-state index contributed by atoms with van der Waals surface area (Å²) in [4.78, 5) is 18.7. The van der Waals surface area contributed by atoms with E-state index in [4.69, 9.17) is 29.2 Å². The van der Waals surface area contributed by atoms with Gasteiger partial charge in [0.1, 0.15) is 16.9 Å². The lowest BCUT2D eigenvalue weighted by atomic mass is 10.1. The number of benzene rings is 1. The lowest BCUT2D eigenvalue weighted by Gasteiger charge is -2.25. The van der Waals surface area contributed by atoms with Gasteiger partial charge in [-0.25, -0.2) is 9.97 Å². The van der Waals surface area contributed by atoms with E-state index >= 15 is 0 Å². The summed E-state index contributed by atoms with van der Waals surface area (Å²) >= 11 is 1.60. The average molecular weight is 535 g/mol. The normalized spacial score (nSPS) is 23.9. The lowest BCUT2D eigenvalue weighted by Crippen LogP contribution is -2.35. The summed E-state index contributed by atoms with van der Waals surface area (Å²) in [7, 11) is 1.59. The van der Waals surface area contributed by atoms with Crippen molar-refractivity contribution >= 4 is 39.0 Å². The van der Waals surface area contributed by atoms with Gasteiger partial charge in [-0.1, -0.05) is 12.1 Å². The molecule has 1 saturated heterocycles. The van der Waals surface area contributed by atoms with Crippen molar-refractivity contribution in [2.75, 3.05) is 24.4 Å². The molecule has 4 aromatic rings. The van der Waals surface area contributed by atoms with Gasteiger partial charge in [0.15, 0.2) is 11.5 Å². The molecule has 4 heterocycles. The van der Waals surface area contributed by atoms with Crippen LogP contribution in [-0.4, -0.2) is 62.8 Å². The highest BCUT2D eigenvalue weighted by atomic mass is 32.1. The van der Waals surface area contributed by atoms with Crippen molar-refractivity contribution in [2.24, 2.45) is 5.92 Å². The molecule has 0 spiro atoms. The van der Waals surface area contributed by atoms with Crippen LogP contribution in [0, 0.1) is 12.8 Å². The summed E-state index contributed by atoms with van der Waals surface area (Å²) in [6, 6.07) is 9.74. The van der Waals surface area contributed by atoms with Crippen LogP contribution in [-0.2, 0) is 9.47 Å². The molecule has 1 saturated carbocycles. The molecule has 3 aromatic heterocycles. The van der Waals surface area contributed by atoms with Crippen LogP contribution < -0.4 is 15.4 Å². The van der Waals surface area contributed by atoms with Gasteiger partial charge in [0.25, 0.3) is 0 Å². The first-order chi connectivity index (χ1) is 18.3. The molecule has 6 rings (SSSR count). The molecule has 10 nitrogen and oxygen atoms in total. The van der Waals surface area contributed by atoms with Crippen molar-refractivity contribution in [3.05, 3.63) is 48.4 Å². The number of aryl methyl sites for hydroxylation is 1. The first-order valence-corrected chi connectivity index (χ1v) is 13.4. The van der Waals surface area contributed by atoms with Crippen LogP contribution in [0.3, 0.4) is 0 Å². The van der Waals surface area contributed by atoms with Crippen LogP contribution >= 0.6 is 11.3 Å². The molecule has 0 radical (unpaired) electrons. The van der Waals surface area contributed by atoms with E-state index in [1.807, 2.05) is 45.0 Å². The van der Waals surface area contributed by atoms with Gasteiger partial charge in [-0.15, -0.1) is 11.3 Å². The van der Waals surface area contributed by atoms with Crippen molar-refractivity contribution in [1.29, 1.82) is 0 Å². The fourth-order valence-electron chi connectivity index (χ4n) is 5.32. The van der Waals surface area contributed by atoms with Gasteiger partial charge < -0.3 is 30.0 Å². The molecule has 38 heavy (non-hydrogen) atoms. The summed E-state index contributed by atoms with van der Waals surface area (Å²) in [5.74, 6) is 0.887. The molecule has 11 heteroatoms. The monoisotopic (exact) mass is 534 g/mol. The van der Waals surface area contributed by atoms with E-state index in [0.29, 0.717) is 29.6 Å². The van der Waals surface area contributed by atoms with Crippen LogP contribution in [0.2, 0.25) is 0 Å². The standard InChI is InChI=1S/C27H30N6O4S/c1-14-21(25-31-17-7-5-6-8-20(17)38-25)24(33-26(29-14)32-16-9-10-28-12-19(16)35-4)30-18-11-15(13-34)22-23(18)37-27(2,3)36-22/h5-10,12,15,18,22-23,34H,11,13H2,1-4H3,(H2,28,29,30,32,33). The smallest absolute Gasteiger partial charge is 0.229 e. The second-order valence-corrected chi connectivity index (χ2v) is 11.1. The fraction of sp³-hybridized carbons (Fsp3) is 0.407. The number of aliphatic hydroxyl groups excluding tert-OH is 1. The number of nitrogens with one attached hydrogen (secondary N) is 2. The van der Waals surface area contributed by atoms with Gasteiger partial charge >= 0.3 is 0 Å². The van der Waals surface area contributed by atoms with Gasteiger partial charge in [-0.2, -0.15) is 4.98 Å². The van der Waals surface area contributed by atoms with E-state index in [1.54, 1.807) is 30.8 Å².